The van der Waals surface area contributed by atoms with Crippen molar-refractivity contribution in [1.29, 1.82) is 0 Å². The number of nitrogens with one attached hydrogen (secondary N) is 2. The summed E-state index contributed by atoms with van der Waals surface area (Å²) in [6, 6.07) is 8.41. The lowest BCUT2D eigenvalue weighted by atomic mass is 10.2. The lowest BCUT2D eigenvalue weighted by Gasteiger charge is -2.12. The molecule has 1 unspecified atom stereocenters. The number of anilines is 1. The molecule has 0 spiro atoms. The number of nitrogens with zero attached hydrogens (tertiary/aromatic N) is 3. The first-order valence-electron chi connectivity index (χ1n) is 6.79. The summed E-state index contributed by atoms with van der Waals surface area (Å²) in [4.78, 5) is 16.2. The lowest BCUT2D eigenvalue weighted by Crippen LogP contribution is -2.31. The highest BCUT2D eigenvalue weighted by Crippen LogP contribution is 2.13. The molecule has 3 heterocycles. The van der Waals surface area contributed by atoms with E-state index in [0.29, 0.717) is 17.3 Å². The molecule has 0 bridgehead atoms. The van der Waals surface area contributed by atoms with Crippen LogP contribution in [-0.4, -0.2) is 20.8 Å². The Labute approximate surface area is 127 Å². The molecule has 7 nitrogen and oxygen atoms in total. The maximum absolute atomic E-state index is 11.9. The van der Waals surface area contributed by atoms with Gasteiger partial charge < -0.3 is 15.1 Å². The molecule has 0 saturated heterocycles. The van der Waals surface area contributed by atoms with Crippen LogP contribution in [0, 0.1) is 0 Å². The number of pyridine rings is 1. The normalized spacial score (nSPS) is 11.9. The molecule has 0 aromatic carbocycles. The smallest absolute Gasteiger partial charge is 0.319 e. The summed E-state index contributed by atoms with van der Waals surface area (Å²) in [6.45, 7) is 1.84. The first-order chi connectivity index (χ1) is 10.7. The van der Waals surface area contributed by atoms with Crippen LogP contribution in [0.4, 0.5) is 10.5 Å². The zero-order valence-electron chi connectivity index (χ0n) is 11.9. The second-order valence-electron chi connectivity index (χ2n) is 4.69. The van der Waals surface area contributed by atoms with Crippen molar-refractivity contribution in [2.75, 3.05) is 5.32 Å². The molecule has 112 valence electrons. The molecule has 0 aliphatic carbocycles. The number of hydrogen-bond donors (Lipinski definition) is 2. The Morgan fingerprint density at radius 3 is 2.86 bits per heavy atom. The Balaban J connectivity index is 1.60. The zero-order chi connectivity index (χ0) is 15.4. The summed E-state index contributed by atoms with van der Waals surface area (Å²) in [6.07, 6.45) is 6.63. The van der Waals surface area contributed by atoms with Gasteiger partial charge in [0.05, 0.1) is 24.2 Å². The standard InChI is InChI=1S/C15H15N5O2/c1-11(13-4-2-9-22-13)18-15(21)19-12-5-6-14(16-10-12)20-8-3-7-17-20/h2-11H,1H3,(H2,18,19,21). The molecule has 3 rings (SSSR count). The average molecular weight is 297 g/mol. The Bertz CT molecular complexity index is 720. The van der Waals surface area contributed by atoms with Crippen LogP contribution in [0.1, 0.15) is 18.7 Å². The van der Waals surface area contributed by atoms with Crippen LogP contribution in [0.3, 0.4) is 0 Å². The Morgan fingerprint density at radius 2 is 2.23 bits per heavy atom. The van der Waals surface area contributed by atoms with E-state index in [1.54, 1.807) is 47.7 Å². The van der Waals surface area contributed by atoms with E-state index in [9.17, 15) is 4.79 Å². The van der Waals surface area contributed by atoms with Gasteiger partial charge in [0.1, 0.15) is 5.76 Å². The van der Waals surface area contributed by atoms with Gasteiger partial charge in [0.2, 0.25) is 0 Å². The lowest BCUT2D eigenvalue weighted by molar-refractivity contribution is 0.247. The molecule has 1 atom stereocenters. The molecule has 0 fully saturated rings. The maximum Gasteiger partial charge on any atom is 0.319 e. The highest BCUT2D eigenvalue weighted by Gasteiger charge is 2.11. The summed E-state index contributed by atoms with van der Waals surface area (Å²) in [7, 11) is 0. The van der Waals surface area contributed by atoms with Gasteiger partial charge in [-0.15, -0.1) is 0 Å². The van der Waals surface area contributed by atoms with Gasteiger partial charge >= 0.3 is 6.03 Å². The quantitative estimate of drug-likeness (QED) is 0.775. The predicted molar refractivity (Wildman–Crippen MR) is 80.6 cm³/mol. The summed E-state index contributed by atoms with van der Waals surface area (Å²) in [5.74, 6) is 1.38. The van der Waals surface area contributed by atoms with Crippen LogP contribution in [0.25, 0.3) is 5.82 Å². The number of rotatable bonds is 4. The third-order valence-electron chi connectivity index (χ3n) is 3.06. The number of furan rings is 1. The summed E-state index contributed by atoms with van der Waals surface area (Å²) in [5.41, 5.74) is 0.597. The van der Waals surface area contributed by atoms with Crippen molar-refractivity contribution in [2.45, 2.75) is 13.0 Å². The largest absolute Gasteiger partial charge is 0.467 e. The number of hydrogen-bond acceptors (Lipinski definition) is 4. The van der Waals surface area contributed by atoms with Gasteiger partial charge in [0, 0.05) is 12.4 Å². The molecule has 7 heteroatoms. The van der Waals surface area contributed by atoms with Crippen molar-refractivity contribution in [3.8, 4) is 5.82 Å². The Morgan fingerprint density at radius 1 is 1.32 bits per heavy atom. The molecule has 2 N–H and O–H groups in total. The van der Waals surface area contributed by atoms with Crippen LogP contribution >= 0.6 is 0 Å². The molecule has 0 aliphatic heterocycles. The van der Waals surface area contributed by atoms with Crippen LogP contribution < -0.4 is 10.6 Å². The molecule has 2 amide bonds. The monoisotopic (exact) mass is 297 g/mol. The van der Waals surface area contributed by atoms with Gasteiger partial charge in [-0.25, -0.2) is 14.5 Å². The van der Waals surface area contributed by atoms with E-state index in [-0.39, 0.29) is 12.1 Å². The molecule has 3 aromatic heterocycles. The first kappa shape index (κ1) is 13.9. The predicted octanol–water partition coefficient (Wildman–Crippen LogP) is 2.74. The highest BCUT2D eigenvalue weighted by atomic mass is 16.3. The molecule has 0 radical (unpaired) electrons. The molecular weight excluding hydrogens is 282 g/mol. The SMILES string of the molecule is CC(NC(=O)Nc1ccc(-n2cccn2)nc1)c1ccco1. The van der Waals surface area contributed by atoms with E-state index in [1.807, 2.05) is 19.1 Å². The second kappa shape index (κ2) is 6.13. The van der Waals surface area contributed by atoms with Crippen molar-refractivity contribution < 1.29 is 9.21 Å². The molecule has 22 heavy (non-hydrogen) atoms. The van der Waals surface area contributed by atoms with E-state index in [1.165, 1.54) is 0 Å². The molecular formula is C15H15N5O2. The van der Waals surface area contributed by atoms with E-state index in [4.69, 9.17) is 4.42 Å². The van der Waals surface area contributed by atoms with Gasteiger partial charge in [0.25, 0.3) is 0 Å². The average Bonchev–Trinajstić information content (AvgIpc) is 3.21. The topological polar surface area (TPSA) is 85.0 Å². The van der Waals surface area contributed by atoms with Crippen molar-refractivity contribution in [1.82, 2.24) is 20.1 Å². The fraction of sp³-hybridized carbons (Fsp3) is 0.133. The Kier molecular flexibility index (Phi) is 3.86. The number of aromatic nitrogens is 3. The number of amides is 2. The van der Waals surface area contributed by atoms with Gasteiger partial charge in [0.15, 0.2) is 5.82 Å². The zero-order valence-corrected chi connectivity index (χ0v) is 11.9. The minimum absolute atomic E-state index is 0.216. The second-order valence-corrected chi connectivity index (χ2v) is 4.69. The molecule has 0 saturated carbocycles. The first-order valence-corrected chi connectivity index (χ1v) is 6.79. The minimum atomic E-state index is -0.322. The third kappa shape index (κ3) is 3.14. The van der Waals surface area contributed by atoms with Crippen molar-refractivity contribution in [2.24, 2.45) is 0 Å². The number of urea groups is 1. The van der Waals surface area contributed by atoms with E-state index < -0.39 is 0 Å². The summed E-state index contributed by atoms with van der Waals surface area (Å²) < 4.78 is 6.88. The van der Waals surface area contributed by atoms with Crippen LogP contribution in [0.15, 0.2) is 59.6 Å². The van der Waals surface area contributed by atoms with E-state index in [0.717, 1.165) is 0 Å². The highest BCUT2D eigenvalue weighted by molar-refractivity contribution is 5.89. The van der Waals surface area contributed by atoms with Crippen molar-refractivity contribution >= 4 is 11.7 Å². The van der Waals surface area contributed by atoms with Gasteiger partial charge in [-0.3, -0.25) is 0 Å². The number of carbonyl (C=O) groups excluding carboxylic acids is 1. The van der Waals surface area contributed by atoms with Crippen LogP contribution in [0.2, 0.25) is 0 Å². The van der Waals surface area contributed by atoms with Crippen molar-refractivity contribution in [3.63, 3.8) is 0 Å². The van der Waals surface area contributed by atoms with Gasteiger partial charge in [-0.1, -0.05) is 0 Å². The number of carbonyl (C=O) groups is 1. The maximum atomic E-state index is 11.9. The van der Waals surface area contributed by atoms with Crippen LogP contribution in [0.5, 0.6) is 0 Å². The summed E-state index contributed by atoms with van der Waals surface area (Å²) >= 11 is 0. The van der Waals surface area contributed by atoms with Gasteiger partial charge in [-0.05, 0) is 37.3 Å². The van der Waals surface area contributed by atoms with E-state index in [2.05, 4.69) is 20.7 Å². The van der Waals surface area contributed by atoms with Crippen LogP contribution in [-0.2, 0) is 0 Å². The summed E-state index contributed by atoms with van der Waals surface area (Å²) in [5, 5.41) is 9.60. The van der Waals surface area contributed by atoms with E-state index >= 15 is 0 Å². The minimum Gasteiger partial charge on any atom is -0.467 e. The molecule has 0 aliphatic rings. The molecule has 3 aromatic rings. The van der Waals surface area contributed by atoms with Crippen molar-refractivity contribution in [3.05, 3.63) is 60.9 Å². The third-order valence-corrected chi connectivity index (χ3v) is 3.06. The fourth-order valence-electron chi connectivity index (χ4n) is 1.97. The van der Waals surface area contributed by atoms with Gasteiger partial charge in [-0.2, -0.15) is 5.10 Å². The fourth-order valence-corrected chi connectivity index (χ4v) is 1.97. The Hall–Kier alpha value is -3.09.